The van der Waals surface area contributed by atoms with Crippen LogP contribution in [0.5, 0.6) is 0 Å². The minimum atomic E-state index is -0.00393. The van der Waals surface area contributed by atoms with Crippen molar-refractivity contribution in [2.45, 2.75) is 44.4 Å². The van der Waals surface area contributed by atoms with Crippen molar-refractivity contribution in [1.82, 2.24) is 4.90 Å². The molecule has 0 spiro atoms. The average molecular weight is 266 g/mol. The Bertz CT molecular complexity index is 215. The highest BCUT2D eigenvalue weighted by atomic mass is 35.5. The lowest BCUT2D eigenvalue weighted by atomic mass is 9.88. The van der Waals surface area contributed by atoms with E-state index in [0.717, 1.165) is 12.8 Å². The van der Waals surface area contributed by atoms with Crippen molar-refractivity contribution in [3.8, 4) is 0 Å². The molecule has 0 aromatic carbocycles. The average Bonchev–Trinajstić information content (AvgIpc) is 2.28. The number of nitrogens with zero attached hydrogens (tertiary/aromatic N) is 1. The minimum Gasteiger partial charge on any atom is -0.340 e. The van der Waals surface area contributed by atoms with Gasteiger partial charge in [0.15, 0.2) is 0 Å². The van der Waals surface area contributed by atoms with E-state index in [1.54, 1.807) is 0 Å². The Kier molecular flexibility index (Phi) is 6.52. The molecular weight excluding hydrogens is 245 g/mol. The molecule has 0 aliphatic heterocycles. The van der Waals surface area contributed by atoms with Crippen molar-refractivity contribution in [3.63, 3.8) is 0 Å². The molecule has 1 aliphatic carbocycles. The third kappa shape index (κ3) is 4.50. The van der Waals surface area contributed by atoms with Gasteiger partial charge in [-0.2, -0.15) is 0 Å². The summed E-state index contributed by atoms with van der Waals surface area (Å²) < 4.78 is 0. The topological polar surface area (TPSA) is 20.3 Å². The Morgan fingerprint density at radius 2 is 2.00 bits per heavy atom. The summed E-state index contributed by atoms with van der Waals surface area (Å²) in [6, 6.07) is 0. The SMILES string of the molecule is CC(Cl)CN(CCCl)C(=O)C1CCCCC1. The van der Waals surface area contributed by atoms with E-state index in [1.165, 1.54) is 19.3 Å². The van der Waals surface area contributed by atoms with E-state index < -0.39 is 0 Å². The van der Waals surface area contributed by atoms with Crippen LogP contribution in [0.2, 0.25) is 0 Å². The fourth-order valence-electron chi connectivity index (χ4n) is 2.30. The van der Waals surface area contributed by atoms with Crippen LogP contribution in [0.15, 0.2) is 0 Å². The molecule has 4 heteroatoms. The minimum absolute atomic E-state index is 0.00393. The van der Waals surface area contributed by atoms with Crippen molar-refractivity contribution in [2.75, 3.05) is 19.0 Å². The second-order valence-corrected chi connectivity index (χ2v) is 5.71. The molecule has 1 unspecified atom stereocenters. The number of carbonyl (C=O) groups excluding carboxylic acids is 1. The van der Waals surface area contributed by atoms with Gasteiger partial charge in [0, 0.05) is 30.3 Å². The van der Waals surface area contributed by atoms with Gasteiger partial charge in [-0.15, -0.1) is 23.2 Å². The number of alkyl halides is 2. The van der Waals surface area contributed by atoms with Crippen molar-refractivity contribution in [2.24, 2.45) is 5.92 Å². The Balaban J connectivity index is 2.50. The zero-order valence-electron chi connectivity index (χ0n) is 9.92. The molecule has 0 heterocycles. The first-order valence-corrected chi connectivity index (χ1v) is 7.11. The fourth-order valence-corrected chi connectivity index (χ4v) is 2.68. The predicted molar refractivity (Wildman–Crippen MR) is 69.2 cm³/mol. The van der Waals surface area contributed by atoms with Crippen LogP contribution in [0.25, 0.3) is 0 Å². The highest BCUT2D eigenvalue weighted by molar-refractivity contribution is 6.20. The molecule has 1 atom stereocenters. The molecule has 0 N–H and O–H groups in total. The first-order chi connectivity index (χ1) is 7.65. The standard InChI is InChI=1S/C12H21Cl2NO/c1-10(14)9-15(8-7-13)12(16)11-5-3-2-4-6-11/h10-11H,2-9H2,1H3. The van der Waals surface area contributed by atoms with Crippen LogP contribution in [0, 0.1) is 5.92 Å². The molecule has 2 nitrogen and oxygen atoms in total. The van der Waals surface area contributed by atoms with Gasteiger partial charge in [-0.05, 0) is 19.8 Å². The molecule has 1 saturated carbocycles. The van der Waals surface area contributed by atoms with Crippen LogP contribution in [-0.2, 0) is 4.79 Å². The van der Waals surface area contributed by atoms with E-state index in [4.69, 9.17) is 23.2 Å². The van der Waals surface area contributed by atoms with Crippen LogP contribution in [-0.4, -0.2) is 35.2 Å². The van der Waals surface area contributed by atoms with Crippen LogP contribution in [0.3, 0.4) is 0 Å². The van der Waals surface area contributed by atoms with Gasteiger partial charge >= 0.3 is 0 Å². The Hall–Kier alpha value is 0.0500. The fraction of sp³-hybridized carbons (Fsp3) is 0.917. The molecule has 0 aromatic rings. The van der Waals surface area contributed by atoms with Gasteiger partial charge in [-0.25, -0.2) is 0 Å². The van der Waals surface area contributed by atoms with E-state index in [2.05, 4.69) is 0 Å². The van der Waals surface area contributed by atoms with E-state index in [0.29, 0.717) is 19.0 Å². The van der Waals surface area contributed by atoms with Gasteiger partial charge in [0.1, 0.15) is 0 Å². The van der Waals surface area contributed by atoms with Gasteiger partial charge in [-0.1, -0.05) is 19.3 Å². The van der Waals surface area contributed by atoms with Crippen molar-refractivity contribution in [1.29, 1.82) is 0 Å². The van der Waals surface area contributed by atoms with Gasteiger partial charge < -0.3 is 4.90 Å². The molecule has 0 radical (unpaired) electrons. The van der Waals surface area contributed by atoms with Crippen molar-refractivity contribution >= 4 is 29.1 Å². The van der Waals surface area contributed by atoms with Crippen LogP contribution >= 0.6 is 23.2 Å². The highest BCUT2D eigenvalue weighted by Gasteiger charge is 2.26. The number of halogens is 2. The smallest absolute Gasteiger partial charge is 0.225 e. The quantitative estimate of drug-likeness (QED) is 0.699. The second kappa shape index (κ2) is 7.39. The molecule has 1 fully saturated rings. The maximum Gasteiger partial charge on any atom is 0.225 e. The number of amides is 1. The first-order valence-electron chi connectivity index (χ1n) is 6.14. The molecule has 0 aromatic heterocycles. The molecule has 1 rings (SSSR count). The molecule has 1 amide bonds. The molecule has 0 saturated heterocycles. The van der Waals surface area contributed by atoms with Crippen LogP contribution < -0.4 is 0 Å². The lowest BCUT2D eigenvalue weighted by molar-refractivity contribution is -0.136. The van der Waals surface area contributed by atoms with E-state index in [1.807, 2.05) is 11.8 Å². The maximum atomic E-state index is 12.2. The Labute approximate surface area is 108 Å². The highest BCUT2D eigenvalue weighted by Crippen LogP contribution is 2.25. The van der Waals surface area contributed by atoms with Crippen molar-refractivity contribution in [3.05, 3.63) is 0 Å². The first kappa shape index (κ1) is 14.1. The summed E-state index contributed by atoms with van der Waals surface area (Å²) >= 11 is 11.7. The zero-order valence-corrected chi connectivity index (χ0v) is 11.4. The summed E-state index contributed by atoms with van der Waals surface area (Å²) in [5.74, 6) is 0.961. The summed E-state index contributed by atoms with van der Waals surface area (Å²) in [5.41, 5.74) is 0. The normalized spacial score (nSPS) is 19.4. The molecular formula is C12H21Cl2NO. The van der Waals surface area contributed by atoms with E-state index in [9.17, 15) is 4.79 Å². The third-order valence-electron chi connectivity index (χ3n) is 3.09. The third-order valence-corrected chi connectivity index (χ3v) is 3.40. The number of hydrogen-bond acceptors (Lipinski definition) is 1. The predicted octanol–water partition coefficient (Wildman–Crippen LogP) is 3.26. The zero-order chi connectivity index (χ0) is 12.0. The largest absolute Gasteiger partial charge is 0.340 e. The van der Waals surface area contributed by atoms with Crippen molar-refractivity contribution < 1.29 is 4.79 Å². The summed E-state index contributed by atoms with van der Waals surface area (Å²) in [6.07, 6.45) is 5.71. The number of rotatable bonds is 5. The van der Waals surface area contributed by atoms with E-state index in [-0.39, 0.29) is 17.2 Å². The molecule has 94 valence electrons. The van der Waals surface area contributed by atoms with Gasteiger partial charge in [-0.3, -0.25) is 4.79 Å². The summed E-state index contributed by atoms with van der Waals surface area (Å²) in [5, 5.41) is -0.00393. The summed E-state index contributed by atoms with van der Waals surface area (Å²) in [6.45, 7) is 3.15. The molecule has 1 aliphatic rings. The monoisotopic (exact) mass is 265 g/mol. The maximum absolute atomic E-state index is 12.2. The van der Waals surface area contributed by atoms with Gasteiger partial charge in [0.05, 0.1) is 0 Å². The van der Waals surface area contributed by atoms with E-state index >= 15 is 0 Å². The number of hydrogen-bond donors (Lipinski definition) is 0. The second-order valence-electron chi connectivity index (χ2n) is 4.59. The Morgan fingerprint density at radius 1 is 1.38 bits per heavy atom. The molecule has 0 bridgehead atoms. The van der Waals surface area contributed by atoms with Crippen LogP contribution in [0.4, 0.5) is 0 Å². The van der Waals surface area contributed by atoms with Gasteiger partial charge in [0.2, 0.25) is 5.91 Å². The summed E-state index contributed by atoms with van der Waals surface area (Å²) in [7, 11) is 0. The lowest BCUT2D eigenvalue weighted by Gasteiger charge is -2.29. The number of carbonyl (C=O) groups is 1. The lowest BCUT2D eigenvalue weighted by Crippen LogP contribution is -2.41. The van der Waals surface area contributed by atoms with Crippen LogP contribution in [0.1, 0.15) is 39.0 Å². The molecule has 16 heavy (non-hydrogen) atoms. The summed E-state index contributed by atoms with van der Waals surface area (Å²) in [4.78, 5) is 14.1. The van der Waals surface area contributed by atoms with Gasteiger partial charge in [0.25, 0.3) is 0 Å². The Morgan fingerprint density at radius 3 is 2.50 bits per heavy atom.